The molecule has 0 aromatic carbocycles. The molecule has 0 bridgehead atoms. The molecule has 5 nitrogen and oxygen atoms in total. The number of carbonyl (C=O) groups is 2. The summed E-state index contributed by atoms with van der Waals surface area (Å²) in [5.74, 6) is -0.719. The molecule has 0 spiro atoms. The molecule has 1 fully saturated rings. The normalized spacial score (nSPS) is 21.6. The zero-order valence-electron chi connectivity index (χ0n) is 13.1. The maximum atomic E-state index is 12.3. The molecule has 1 unspecified atom stereocenters. The first-order chi connectivity index (χ1) is 9.22. The van der Waals surface area contributed by atoms with Crippen LogP contribution in [0.15, 0.2) is 0 Å². The zero-order valence-corrected chi connectivity index (χ0v) is 13.1. The van der Waals surface area contributed by atoms with E-state index < -0.39 is 5.97 Å². The van der Waals surface area contributed by atoms with Crippen LogP contribution in [0.2, 0.25) is 0 Å². The molecule has 1 atom stereocenters. The van der Waals surface area contributed by atoms with Gasteiger partial charge in [0.25, 0.3) is 0 Å². The first-order valence-electron chi connectivity index (χ1n) is 7.49. The summed E-state index contributed by atoms with van der Waals surface area (Å²) in [6.07, 6.45) is 4.39. The van der Waals surface area contributed by atoms with Crippen molar-refractivity contribution in [3.05, 3.63) is 0 Å². The Kier molecular flexibility index (Phi) is 5.84. The Morgan fingerprint density at radius 2 is 2.00 bits per heavy atom. The number of carboxylic acid groups (broad SMARTS) is 1. The molecule has 0 saturated heterocycles. The van der Waals surface area contributed by atoms with Crippen molar-refractivity contribution < 1.29 is 14.7 Å². The summed E-state index contributed by atoms with van der Waals surface area (Å²) >= 11 is 0. The summed E-state index contributed by atoms with van der Waals surface area (Å²) in [6.45, 7) is 8.52. The quantitative estimate of drug-likeness (QED) is 0.815. The molecule has 2 amide bonds. The Labute approximate surface area is 121 Å². The number of urea groups is 1. The second-order valence-electron chi connectivity index (χ2n) is 6.90. The highest BCUT2D eigenvalue weighted by Crippen LogP contribution is 2.35. The van der Waals surface area contributed by atoms with Crippen LogP contribution >= 0.6 is 0 Å². The Bertz CT molecular complexity index is 353. The number of nitrogens with one attached hydrogen (secondary N) is 1. The Morgan fingerprint density at radius 1 is 1.35 bits per heavy atom. The maximum Gasteiger partial charge on any atom is 0.323 e. The molecule has 0 aromatic heterocycles. The fourth-order valence-electron chi connectivity index (χ4n) is 2.83. The highest BCUT2D eigenvalue weighted by atomic mass is 16.4. The molecule has 116 valence electrons. The maximum absolute atomic E-state index is 12.3. The highest BCUT2D eigenvalue weighted by Gasteiger charge is 2.34. The Hall–Kier alpha value is -1.26. The van der Waals surface area contributed by atoms with Gasteiger partial charge in [-0.3, -0.25) is 4.79 Å². The van der Waals surface area contributed by atoms with Gasteiger partial charge in [-0.2, -0.15) is 0 Å². The SMILES string of the molecule is CC(C)CN(CC(=O)O)C(=O)NC1CCCCC1(C)C. The van der Waals surface area contributed by atoms with Crippen molar-refractivity contribution >= 4 is 12.0 Å². The minimum Gasteiger partial charge on any atom is -0.480 e. The number of hydrogen-bond acceptors (Lipinski definition) is 2. The van der Waals surface area contributed by atoms with Crippen molar-refractivity contribution in [1.29, 1.82) is 0 Å². The summed E-state index contributed by atoms with van der Waals surface area (Å²) in [5.41, 5.74) is 0.0840. The van der Waals surface area contributed by atoms with E-state index in [1.165, 1.54) is 11.3 Å². The lowest BCUT2D eigenvalue weighted by Gasteiger charge is -2.40. The molecule has 0 aromatic rings. The van der Waals surface area contributed by atoms with Gasteiger partial charge >= 0.3 is 12.0 Å². The van der Waals surface area contributed by atoms with Crippen LogP contribution in [0.4, 0.5) is 4.79 Å². The lowest BCUT2D eigenvalue weighted by atomic mass is 9.73. The number of carbonyl (C=O) groups excluding carboxylic acids is 1. The van der Waals surface area contributed by atoms with E-state index in [-0.39, 0.29) is 30.0 Å². The summed E-state index contributed by atoms with van der Waals surface area (Å²) in [4.78, 5) is 24.6. The van der Waals surface area contributed by atoms with Crippen LogP contribution in [-0.2, 0) is 4.79 Å². The third-order valence-electron chi connectivity index (χ3n) is 4.00. The number of nitrogens with zero attached hydrogens (tertiary/aromatic N) is 1. The molecular weight excluding hydrogens is 256 g/mol. The van der Waals surface area contributed by atoms with Crippen LogP contribution in [-0.4, -0.2) is 41.1 Å². The standard InChI is InChI=1S/C15H28N2O3/c1-11(2)9-17(10-13(18)19)14(20)16-12-7-5-6-8-15(12,3)4/h11-12H,5-10H2,1-4H3,(H,16,20)(H,18,19). The second-order valence-corrected chi connectivity index (χ2v) is 6.90. The van der Waals surface area contributed by atoms with Gasteiger partial charge in [-0.25, -0.2) is 4.79 Å². The van der Waals surface area contributed by atoms with Gasteiger partial charge in [-0.15, -0.1) is 0 Å². The number of amides is 2. The van der Waals surface area contributed by atoms with Crippen LogP contribution in [0.5, 0.6) is 0 Å². The van der Waals surface area contributed by atoms with Gasteiger partial charge in [-0.1, -0.05) is 40.5 Å². The third-order valence-corrected chi connectivity index (χ3v) is 4.00. The van der Waals surface area contributed by atoms with Gasteiger partial charge in [0.1, 0.15) is 6.54 Å². The lowest BCUT2D eigenvalue weighted by Crippen LogP contribution is -2.53. The van der Waals surface area contributed by atoms with Crippen LogP contribution in [0.25, 0.3) is 0 Å². The minimum absolute atomic E-state index is 0.0840. The van der Waals surface area contributed by atoms with E-state index in [2.05, 4.69) is 19.2 Å². The van der Waals surface area contributed by atoms with Crippen LogP contribution in [0.3, 0.4) is 0 Å². The van der Waals surface area contributed by atoms with Crippen molar-refractivity contribution in [2.24, 2.45) is 11.3 Å². The average molecular weight is 284 g/mol. The number of aliphatic carboxylic acids is 1. The predicted molar refractivity (Wildman–Crippen MR) is 78.6 cm³/mol. The molecule has 2 N–H and O–H groups in total. The fraction of sp³-hybridized carbons (Fsp3) is 0.867. The molecule has 0 aliphatic heterocycles. The van der Waals surface area contributed by atoms with E-state index in [0.717, 1.165) is 19.3 Å². The van der Waals surface area contributed by atoms with Gasteiger partial charge in [0.05, 0.1) is 0 Å². The van der Waals surface area contributed by atoms with Gasteiger partial charge in [0.15, 0.2) is 0 Å². The first kappa shape index (κ1) is 16.8. The van der Waals surface area contributed by atoms with E-state index in [0.29, 0.717) is 6.54 Å². The molecule has 5 heteroatoms. The Morgan fingerprint density at radius 3 is 2.50 bits per heavy atom. The molecule has 0 heterocycles. The van der Waals surface area contributed by atoms with E-state index in [4.69, 9.17) is 5.11 Å². The van der Waals surface area contributed by atoms with Crippen molar-refractivity contribution in [2.45, 2.75) is 59.4 Å². The molecule has 1 aliphatic carbocycles. The van der Waals surface area contributed by atoms with Gasteiger partial charge < -0.3 is 15.3 Å². The van der Waals surface area contributed by atoms with Crippen LogP contribution in [0.1, 0.15) is 53.4 Å². The third kappa shape index (κ3) is 5.02. The largest absolute Gasteiger partial charge is 0.480 e. The molecule has 1 saturated carbocycles. The van der Waals surface area contributed by atoms with Crippen molar-refractivity contribution in [2.75, 3.05) is 13.1 Å². The van der Waals surface area contributed by atoms with E-state index >= 15 is 0 Å². The molecule has 1 rings (SSSR count). The lowest BCUT2D eigenvalue weighted by molar-refractivity contribution is -0.137. The second kappa shape index (κ2) is 6.95. The fourth-order valence-corrected chi connectivity index (χ4v) is 2.83. The Balaban J connectivity index is 2.66. The summed E-state index contributed by atoms with van der Waals surface area (Å²) < 4.78 is 0. The zero-order chi connectivity index (χ0) is 15.3. The van der Waals surface area contributed by atoms with Crippen molar-refractivity contribution in [1.82, 2.24) is 10.2 Å². The van der Waals surface area contributed by atoms with Gasteiger partial charge in [0.2, 0.25) is 0 Å². The van der Waals surface area contributed by atoms with Crippen molar-refractivity contribution in [3.63, 3.8) is 0 Å². The molecule has 0 radical (unpaired) electrons. The van der Waals surface area contributed by atoms with Crippen LogP contribution < -0.4 is 5.32 Å². The van der Waals surface area contributed by atoms with E-state index in [1.54, 1.807) is 0 Å². The number of carboxylic acids is 1. The monoisotopic (exact) mass is 284 g/mol. The van der Waals surface area contributed by atoms with Crippen LogP contribution in [0, 0.1) is 11.3 Å². The number of rotatable bonds is 5. The molecule has 1 aliphatic rings. The predicted octanol–water partition coefficient (Wildman–Crippen LogP) is 2.71. The summed E-state index contributed by atoms with van der Waals surface area (Å²) in [7, 11) is 0. The minimum atomic E-state index is -0.969. The molecular formula is C15H28N2O3. The van der Waals surface area contributed by atoms with E-state index in [1.807, 2.05) is 13.8 Å². The smallest absolute Gasteiger partial charge is 0.323 e. The van der Waals surface area contributed by atoms with E-state index in [9.17, 15) is 9.59 Å². The van der Waals surface area contributed by atoms with Crippen molar-refractivity contribution in [3.8, 4) is 0 Å². The highest BCUT2D eigenvalue weighted by molar-refractivity contribution is 5.80. The summed E-state index contributed by atoms with van der Waals surface area (Å²) in [5, 5.41) is 12.0. The molecule has 20 heavy (non-hydrogen) atoms. The number of hydrogen-bond donors (Lipinski definition) is 2. The first-order valence-corrected chi connectivity index (χ1v) is 7.49. The summed E-state index contributed by atoms with van der Waals surface area (Å²) in [6, 6.07) is -0.117. The topological polar surface area (TPSA) is 69.6 Å². The van der Waals surface area contributed by atoms with Gasteiger partial charge in [0, 0.05) is 12.6 Å². The average Bonchev–Trinajstić information content (AvgIpc) is 2.29. The van der Waals surface area contributed by atoms with Gasteiger partial charge in [-0.05, 0) is 24.2 Å².